The quantitative estimate of drug-likeness (QED) is 0.735. The number of carbonyl (C=O) groups excluding carboxylic acids is 2. The van der Waals surface area contributed by atoms with Crippen LogP contribution in [0.4, 0.5) is 0 Å². The lowest BCUT2D eigenvalue weighted by Crippen LogP contribution is -2.54. The summed E-state index contributed by atoms with van der Waals surface area (Å²) in [5, 5.41) is 9.37. The Bertz CT molecular complexity index is 677. The molecule has 4 heteroatoms. The number of carboxylic acid groups (broad SMARTS) is 1. The lowest BCUT2D eigenvalue weighted by atomic mass is 9.44. The van der Waals surface area contributed by atoms with Crippen LogP contribution in [0.5, 0.6) is 0 Å². The van der Waals surface area contributed by atoms with Crippen LogP contribution in [0.2, 0.25) is 0 Å². The van der Waals surface area contributed by atoms with Gasteiger partial charge in [0.15, 0.2) is 0 Å². The Labute approximate surface area is 149 Å². The van der Waals surface area contributed by atoms with E-state index in [4.69, 9.17) is 0 Å². The zero-order chi connectivity index (χ0) is 18.0. The summed E-state index contributed by atoms with van der Waals surface area (Å²) in [4.78, 5) is 36.0. The second-order valence-electron chi connectivity index (χ2n) is 9.36. The van der Waals surface area contributed by atoms with Crippen molar-refractivity contribution < 1.29 is 19.5 Å². The molecule has 4 nitrogen and oxygen atoms in total. The Kier molecular flexibility index (Phi) is 3.75. The van der Waals surface area contributed by atoms with E-state index in [1.165, 1.54) is 6.08 Å². The van der Waals surface area contributed by atoms with Gasteiger partial charge < -0.3 is 5.11 Å². The Morgan fingerprint density at radius 3 is 2.56 bits per heavy atom. The fourth-order valence-corrected chi connectivity index (χ4v) is 7.04. The predicted molar refractivity (Wildman–Crippen MR) is 92.8 cm³/mol. The van der Waals surface area contributed by atoms with Crippen LogP contribution in [0.15, 0.2) is 11.6 Å². The summed E-state index contributed by atoms with van der Waals surface area (Å²) < 4.78 is 0. The van der Waals surface area contributed by atoms with Gasteiger partial charge >= 0.3 is 5.97 Å². The number of hydrogen-bond donors (Lipinski definition) is 1. The standard InChI is InChI=1S/C21H28O4/c1-20-7-5-13(22)11-17(20)12(10-19(24)25)9-14-15-3-4-18(23)21(15,2)8-6-16(14)20/h10,14-17H,3-9,11H2,1-2H3,(H,24,25)/t14?,15?,16?,17?,20-,21+/m1/s1. The highest BCUT2D eigenvalue weighted by Crippen LogP contribution is 2.66. The monoisotopic (exact) mass is 344 g/mol. The molecular formula is C21H28O4. The van der Waals surface area contributed by atoms with Crippen LogP contribution in [0, 0.1) is 34.5 Å². The van der Waals surface area contributed by atoms with Crippen molar-refractivity contribution in [3.63, 3.8) is 0 Å². The van der Waals surface area contributed by atoms with Crippen LogP contribution in [0.1, 0.15) is 65.2 Å². The van der Waals surface area contributed by atoms with Gasteiger partial charge in [-0.3, -0.25) is 9.59 Å². The average molecular weight is 344 g/mol. The highest BCUT2D eigenvalue weighted by molar-refractivity contribution is 5.87. The molecule has 1 N–H and O–H groups in total. The van der Waals surface area contributed by atoms with E-state index in [1.54, 1.807) is 0 Å². The number of ketones is 2. The van der Waals surface area contributed by atoms with Gasteiger partial charge in [-0.15, -0.1) is 0 Å². The normalized spacial score (nSPS) is 48.0. The second kappa shape index (κ2) is 5.52. The van der Waals surface area contributed by atoms with E-state index in [0.29, 0.717) is 42.8 Å². The van der Waals surface area contributed by atoms with E-state index in [0.717, 1.165) is 37.7 Å². The van der Waals surface area contributed by atoms with Gasteiger partial charge in [-0.1, -0.05) is 19.4 Å². The molecule has 0 aromatic carbocycles. The maximum absolute atomic E-state index is 12.5. The molecule has 0 radical (unpaired) electrons. The molecule has 0 aromatic rings. The molecule has 4 aliphatic rings. The van der Waals surface area contributed by atoms with E-state index < -0.39 is 5.97 Å². The molecule has 4 fully saturated rings. The van der Waals surface area contributed by atoms with Crippen molar-refractivity contribution in [2.24, 2.45) is 34.5 Å². The molecule has 4 saturated carbocycles. The molecule has 0 aliphatic heterocycles. The first-order valence-corrected chi connectivity index (χ1v) is 9.74. The maximum atomic E-state index is 12.5. The van der Waals surface area contributed by atoms with E-state index in [9.17, 15) is 19.5 Å². The summed E-state index contributed by atoms with van der Waals surface area (Å²) >= 11 is 0. The van der Waals surface area contributed by atoms with Crippen LogP contribution in [0.25, 0.3) is 0 Å². The molecule has 4 aliphatic carbocycles. The number of allylic oxidation sites excluding steroid dienone is 1. The third-order valence-corrected chi connectivity index (χ3v) is 8.39. The first-order chi connectivity index (χ1) is 11.8. The molecule has 136 valence electrons. The van der Waals surface area contributed by atoms with E-state index in [1.807, 2.05) is 0 Å². The molecule has 4 unspecified atom stereocenters. The smallest absolute Gasteiger partial charge is 0.328 e. The molecule has 0 spiro atoms. The summed E-state index contributed by atoms with van der Waals surface area (Å²) in [6.07, 6.45) is 7.77. The van der Waals surface area contributed by atoms with Gasteiger partial charge in [-0.2, -0.15) is 0 Å². The lowest BCUT2D eigenvalue weighted by Gasteiger charge is -2.60. The van der Waals surface area contributed by atoms with E-state index >= 15 is 0 Å². The van der Waals surface area contributed by atoms with E-state index in [-0.39, 0.29) is 22.5 Å². The van der Waals surface area contributed by atoms with Gasteiger partial charge in [0.25, 0.3) is 0 Å². The molecule has 0 saturated heterocycles. The summed E-state index contributed by atoms with van der Waals surface area (Å²) in [5.41, 5.74) is 0.752. The maximum Gasteiger partial charge on any atom is 0.328 e. The molecular weight excluding hydrogens is 316 g/mol. The zero-order valence-electron chi connectivity index (χ0n) is 15.2. The Hall–Kier alpha value is -1.45. The van der Waals surface area contributed by atoms with Crippen LogP contribution in [-0.4, -0.2) is 22.6 Å². The molecule has 6 atom stereocenters. The van der Waals surface area contributed by atoms with Crippen molar-refractivity contribution in [2.75, 3.05) is 0 Å². The van der Waals surface area contributed by atoms with Crippen molar-refractivity contribution >= 4 is 17.5 Å². The highest BCUT2D eigenvalue weighted by Gasteiger charge is 2.61. The van der Waals surface area contributed by atoms with Crippen molar-refractivity contribution in [3.05, 3.63) is 11.6 Å². The van der Waals surface area contributed by atoms with Gasteiger partial charge in [0.2, 0.25) is 0 Å². The molecule has 0 heterocycles. The van der Waals surface area contributed by atoms with Gasteiger partial charge in [0, 0.05) is 30.8 Å². The summed E-state index contributed by atoms with van der Waals surface area (Å²) in [7, 11) is 0. The van der Waals surface area contributed by atoms with Crippen LogP contribution < -0.4 is 0 Å². The SMILES string of the molecule is C[C@]12CCC(=O)CC1C(=CC(=O)O)CC1C2CC[C@]2(C)C(=O)CCC12. The number of rotatable bonds is 1. The number of aliphatic carboxylic acids is 1. The van der Waals surface area contributed by atoms with Crippen molar-refractivity contribution in [1.29, 1.82) is 0 Å². The minimum atomic E-state index is -0.908. The van der Waals surface area contributed by atoms with Crippen LogP contribution in [0.3, 0.4) is 0 Å². The fourth-order valence-electron chi connectivity index (χ4n) is 7.04. The summed E-state index contributed by atoms with van der Waals surface area (Å²) in [5.74, 6) is 1.14. The molecule has 0 bridgehead atoms. The highest BCUT2D eigenvalue weighted by atomic mass is 16.4. The largest absolute Gasteiger partial charge is 0.478 e. The zero-order valence-corrected chi connectivity index (χ0v) is 15.2. The van der Waals surface area contributed by atoms with E-state index in [2.05, 4.69) is 13.8 Å². The number of carbonyl (C=O) groups is 3. The Morgan fingerprint density at radius 1 is 1.08 bits per heavy atom. The summed E-state index contributed by atoms with van der Waals surface area (Å²) in [6.45, 7) is 4.43. The van der Waals surface area contributed by atoms with Gasteiger partial charge in [-0.05, 0) is 61.2 Å². The van der Waals surface area contributed by atoms with Crippen molar-refractivity contribution in [2.45, 2.75) is 65.2 Å². The number of fused-ring (bicyclic) bond motifs is 5. The van der Waals surface area contributed by atoms with Gasteiger partial charge in [0.1, 0.15) is 11.6 Å². The first kappa shape index (κ1) is 17.0. The average Bonchev–Trinajstić information content (AvgIpc) is 2.84. The Morgan fingerprint density at radius 2 is 1.84 bits per heavy atom. The molecule has 0 amide bonds. The van der Waals surface area contributed by atoms with Crippen molar-refractivity contribution in [3.8, 4) is 0 Å². The minimum Gasteiger partial charge on any atom is -0.478 e. The summed E-state index contributed by atoms with van der Waals surface area (Å²) in [6, 6.07) is 0. The first-order valence-electron chi connectivity index (χ1n) is 9.74. The fraction of sp³-hybridized carbons (Fsp3) is 0.762. The third kappa shape index (κ3) is 2.36. The molecule has 0 aromatic heterocycles. The van der Waals surface area contributed by atoms with Crippen LogP contribution >= 0.6 is 0 Å². The number of hydrogen-bond acceptors (Lipinski definition) is 3. The van der Waals surface area contributed by atoms with Gasteiger partial charge in [-0.25, -0.2) is 4.79 Å². The molecule has 25 heavy (non-hydrogen) atoms. The van der Waals surface area contributed by atoms with Crippen molar-refractivity contribution in [1.82, 2.24) is 0 Å². The molecule has 4 rings (SSSR count). The van der Waals surface area contributed by atoms with Crippen LogP contribution in [-0.2, 0) is 14.4 Å². The third-order valence-electron chi connectivity index (χ3n) is 8.39. The Balaban J connectivity index is 1.76. The number of carboxylic acids is 1. The van der Waals surface area contributed by atoms with Gasteiger partial charge in [0.05, 0.1) is 0 Å². The lowest BCUT2D eigenvalue weighted by molar-refractivity contribution is -0.140. The topological polar surface area (TPSA) is 71.4 Å². The minimum absolute atomic E-state index is 0.00504. The number of Topliss-reactive ketones (excluding diaryl/α,β-unsaturated/α-hetero) is 2. The predicted octanol–water partition coefficient (Wildman–Crippen LogP) is 3.79. The second-order valence-corrected chi connectivity index (χ2v) is 9.36.